The van der Waals surface area contributed by atoms with Gasteiger partial charge < -0.3 is 4.74 Å². The molecule has 0 radical (unpaired) electrons. The lowest BCUT2D eigenvalue weighted by atomic mass is 10.2. The molecule has 21 heavy (non-hydrogen) atoms. The zero-order chi connectivity index (χ0) is 15.2. The predicted molar refractivity (Wildman–Crippen MR) is 78.4 cm³/mol. The number of carbonyl (C=O) groups is 1. The zero-order valence-corrected chi connectivity index (χ0v) is 11.5. The van der Waals surface area contributed by atoms with Crippen LogP contribution in [0.2, 0.25) is 5.02 Å². The van der Waals surface area contributed by atoms with E-state index in [1.54, 1.807) is 12.1 Å². The second-order valence-corrected chi connectivity index (χ2v) is 4.54. The monoisotopic (exact) mass is 306 g/mol. The van der Waals surface area contributed by atoms with Crippen molar-refractivity contribution < 1.29 is 14.5 Å². The van der Waals surface area contributed by atoms with E-state index >= 15 is 0 Å². The Morgan fingerprint density at radius 2 is 1.95 bits per heavy atom. The standard InChI is InChI=1S/C14H11ClN2O4/c15-11-6-7-13(17(19)20)12(8-11)16-14(18)21-9-10-4-2-1-3-5-10/h1-8H,9H2,(H,16,18). The molecule has 6 nitrogen and oxygen atoms in total. The molecule has 0 aromatic heterocycles. The van der Waals surface area contributed by atoms with Gasteiger partial charge >= 0.3 is 6.09 Å². The summed E-state index contributed by atoms with van der Waals surface area (Å²) in [5.41, 5.74) is 0.551. The largest absolute Gasteiger partial charge is 0.444 e. The van der Waals surface area contributed by atoms with Gasteiger partial charge in [-0.05, 0) is 17.7 Å². The molecule has 1 amide bonds. The highest BCUT2D eigenvalue weighted by Crippen LogP contribution is 2.27. The number of carbonyl (C=O) groups excluding carboxylic acids is 1. The fourth-order valence-corrected chi connectivity index (χ4v) is 1.81. The van der Waals surface area contributed by atoms with Crippen molar-refractivity contribution in [3.63, 3.8) is 0 Å². The van der Waals surface area contributed by atoms with E-state index < -0.39 is 11.0 Å². The molecular weight excluding hydrogens is 296 g/mol. The summed E-state index contributed by atoms with van der Waals surface area (Å²) in [6, 6.07) is 13.0. The summed E-state index contributed by atoms with van der Waals surface area (Å²) in [6.45, 7) is 0.0705. The molecule has 0 aliphatic carbocycles. The van der Waals surface area contributed by atoms with E-state index in [2.05, 4.69) is 5.32 Å². The lowest BCUT2D eigenvalue weighted by Crippen LogP contribution is -2.14. The van der Waals surface area contributed by atoms with Gasteiger partial charge in [-0.2, -0.15) is 0 Å². The van der Waals surface area contributed by atoms with Gasteiger partial charge in [-0.15, -0.1) is 0 Å². The number of rotatable bonds is 4. The maximum absolute atomic E-state index is 11.7. The van der Waals surface area contributed by atoms with Crippen LogP contribution in [0.5, 0.6) is 0 Å². The van der Waals surface area contributed by atoms with Crippen molar-refractivity contribution >= 4 is 29.1 Å². The van der Waals surface area contributed by atoms with Crippen LogP contribution in [0.3, 0.4) is 0 Å². The fourth-order valence-electron chi connectivity index (χ4n) is 1.64. The smallest absolute Gasteiger partial charge is 0.412 e. The predicted octanol–water partition coefficient (Wildman–Crippen LogP) is 4.00. The number of anilines is 1. The first-order valence-electron chi connectivity index (χ1n) is 5.98. The minimum absolute atomic E-state index is 0.00874. The molecule has 7 heteroatoms. The number of nitrogens with one attached hydrogen (secondary N) is 1. The van der Waals surface area contributed by atoms with Crippen LogP contribution >= 0.6 is 11.6 Å². The SMILES string of the molecule is O=C(Nc1cc(Cl)ccc1[N+](=O)[O-])OCc1ccccc1. The molecule has 0 fully saturated rings. The van der Waals surface area contributed by atoms with Gasteiger partial charge in [0.1, 0.15) is 12.3 Å². The Bertz CT molecular complexity index is 661. The van der Waals surface area contributed by atoms with Gasteiger partial charge in [-0.1, -0.05) is 41.9 Å². The number of halogens is 1. The van der Waals surface area contributed by atoms with Crippen molar-refractivity contribution in [3.05, 3.63) is 69.2 Å². The molecule has 2 aromatic carbocycles. The first-order valence-corrected chi connectivity index (χ1v) is 6.35. The summed E-state index contributed by atoms with van der Waals surface area (Å²) in [5, 5.41) is 13.5. The maximum Gasteiger partial charge on any atom is 0.412 e. The first kappa shape index (κ1) is 14.8. The van der Waals surface area contributed by atoms with Crippen molar-refractivity contribution in [2.45, 2.75) is 6.61 Å². The number of nitro benzene ring substituents is 1. The quantitative estimate of drug-likeness (QED) is 0.684. The Balaban J connectivity index is 2.02. The molecular formula is C14H11ClN2O4. The Hall–Kier alpha value is -2.60. The van der Waals surface area contributed by atoms with Crippen LogP contribution in [0.4, 0.5) is 16.2 Å². The van der Waals surface area contributed by atoms with E-state index in [-0.39, 0.29) is 23.0 Å². The summed E-state index contributed by atoms with van der Waals surface area (Å²) < 4.78 is 4.99. The number of nitro groups is 1. The fraction of sp³-hybridized carbons (Fsp3) is 0.0714. The molecule has 0 bridgehead atoms. The number of amides is 1. The van der Waals surface area contributed by atoms with Crippen LogP contribution in [0.25, 0.3) is 0 Å². The number of nitrogens with zero attached hydrogens (tertiary/aromatic N) is 1. The summed E-state index contributed by atoms with van der Waals surface area (Å²) in [4.78, 5) is 21.9. The number of ether oxygens (including phenoxy) is 1. The number of hydrogen-bond acceptors (Lipinski definition) is 4. The van der Waals surface area contributed by atoms with E-state index in [1.165, 1.54) is 18.2 Å². The lowest BCUT2D eigenvalue weighted by Gasteiger charge is -2.07. The summed E-state index contributed by atoms with van der Waals surface area (Å²) in [6.07, 6.45) is -0.788. The molecule has 0 aliphatic rings. The molecule has 0 saturated heterocycles. The highest BCUT2D eigenvalue weighted by Gasteiger charge is 2.16. The van der Waals surface area contributed by atoms with Gasteiger partial charge in [-0.25, -0.2) is 4.79 Å². The molecule has 1 N–H and O–H groups in total. The van der Waals surface area contributed by atoms with E-state index in [9.17, 15) is 14.9 Å². The molecule has 108 valence electrons. The molecule has 2 rings (SSSR count). The summed E-state index contributed by atoms with van der Waals surface area (Å²) >= 11 is 5.76. The molecule has 2 aromatic rings. The van der Waals surface area contributed by atoms with E-state index in [4.69, 9.17) is 16.3 Å². The first-order chi connectivity index (χ1) is 10.1. The molecule has 0 atom stereocenters. The van der Waals surface area contributed by atoms with Crippen molar-refractivity contribution in [2.24, 2.45) is 0 Å². The summed E-state index contributed by atoms with van der Waals surface area (Å²) in [7, 11) is 0. The molecule has 0 spiro atoms. The third kappa shape index (κ3) is 4.19. The Labute approximate surface area is 125 Å². The second-order valence-electron chi connectivity index (χ2n) is 4.11. The van der Waals surface area contributed by atoms with Gasteiger partial charge in [0.2, 0.25) is 0 Å². The third-order valence-electron chi connectivity index (χ3n) is 2.60. The van der Waals surface area contributed by atoms with Crippen molar-refractivity contribution in [2.75, 3.05) is 5.32 Å². The molecule has 0 heterocycles. The minimum Gasteiger partial charge on any atom is -0.444 e. The maximum atomic E-state index is 11.7. The normalized spacial score (nSPS) is 9.95. The Kier molecular flexibility index (Phi) is 4.73. The second kappa shape index (κ2) is 6.71. The number of hydrogen-bond donors (Lipinski definition) is 1. The lowest BCUT2D eigenvalue weighted by molar-refractivity contribution is -0.383. The van der Waals surface area contributed by atoms with Gasteiger partial charge in [-0.3, -0.25) is 15.4 Å². The topological polar surface area (TPSA) is 81.5 Å². The zero-order valence-electron chi connectivity index (χ0n) is 10.8. The molecule has 0 saturated carbocycles. The van der Waals surface area contributed by atoms with Crippen molar-refractivity contribution in [1.29, 1.82) is 0 Å². The average molecular weight is 307 g/mol. The number of benzene rings is 2. The highest BCUT2D eigenvalue weighted by molar-refractivity contribution is 6.31. The van der Waals surface area contributed by atoms with Crippen LogP contribution in [0, 0.1) is 10.1 Å². The van der Waals surface area contributed by atoms with Crippen LogP contribution in [0.15, 0.2) is 48.5 Å². The van der Waals surface area contributed by atoms with Crippen LogP contribution in [0.1, 0.15) is 5.56 Å². The Morgan fingerprint density at radius 3 is 2.62 bits per heavy atom. The van der Waals surface area contributed by atoms with Gasteiger partial charge in [0.25, 0.3) is 5.69 Å². The van der Waals surface area contributed by atoms with Crippen LogP contribution in [-0.4, -0.2) is 11.0 Å². The van der Waals surface area contributed by atoms with Crippen LogP contribution in [-0.2, 0) is 11.3 Å². The average Bonchev–Trinajstić information content (AvgIpc) is 2.46. The Morgan fingerprint density at radius 1 is 1.24 bits per heavy atom. The molecule has 0 unspecified atom stereocenters. The van der Waals surface area contributed by atoms with Gasteiger partial charge in [0, 0.05) is 11.1 Å². The van der Waals surface area contributed by atoms with E-state index in [0.29, 0.717) is 0 Å². The minimum atomic E-state index is -0.788. The molecule has 0 aliphatic heterocycles. The third-order valence-corrected chi connectivity index (χ3v) is 2.84. The van der Waals surface area contributed by atoms with Crippen molar-refractivity contribution in [1.82, 2.24) is 0 Å². The van der Waals surface area contributed by atoms with Gasteiger partial charge in [0.05, 0.1) is 4.92 Å². The van der Waals surface area contributed by atoms with E-state index in [1.807, 2.05) is 18.2 Å². The van der Waals surface area contributed by atoms with E-state index in [0.717, 1.165) is 5.56 Å². The van der Waals surface area contributed by atoms with Gasteiger partial charge in [0.15, 0.2) is 0 Å². The summed E-state index contributed by atoms with van der Waals surface area (Å²) in [5.74, 6) is 0. The van der Waals surface area contributed by atoms with Crippen molar-refractivity contribution in [3.8, 4) is 0 Å². The van der Waals surface area contributed by atoms with Crippen LogP contribution < -0.4 is 5.32 Å². The highest BCUT2D eigenvalue weighted by atomic mass is 35.5.